The summed E-state index contributed by atoms with van der Waals surface area (Å²) in [6, 6.07) is 7.93. The Hall–Kier alpha value is -2.34. The van der Waals surface area contributed by atoms with Crippen LogP contribution in [-0.4, -0.2) is 42.9 Å². The number of hydrogen-bond acceptors (Lipinski definition) is 4. The van der Waals surface area contributed by atoms with E-state index in [4.69, 9.17) is 4.74 Å². The average molecular weight is 342 g/mol. The van der Waals surface area contributed by atoms with Crippen LogP contribution in [-0.2, 0) is 9.53 Å². The van der Waals surface area contributed by atoms with Crippen molar-refractivity contribution in [2.45, 2.75) is 19.4 Å². The minimum Gasteiger partial charge on any atom is -0.442 e. The van der Waals surface area contributed by atoms with Gasteiger partial charge in [-0.25, -0.2) is 4.79 Å². The van der Waals surface area contributed by atoms with E-state index in [9.17, 15) is 14.7 Å². The largest absolute Gasteiger partial charge is 0.442 e. The van der Waals surface area contributed by atoms with Gasteiger partial charge in [0, 0.05) is 19.2 Å². The standard InChI is InChI=1S/C19H22N2O4/c1-11(23)20-8-14-9-21(19(24)25-14)13-4-2-12(3-5-13)15-6-7-16-17(10-22)18(15)16/h2-6,14,16-18,22H,7-10H2,1H3,(H,20,23)/t14-,16?,17?,18?/m0/s1. The molecule has 4 rings (SSSR count). The van der Waals surface area contributed by atoms with E-state index >= 15 is 0 Å². The van der Waals surface area contributed by atoms with Crippen molar-refractivity contribution >= 4 is 23.3 Å². The molecule has 2 amide bonds. The van der Waals surface area contributed by atoms with Gasteiger partial charge in [0.05, 0.1) is 13.1 Å². The van der Waals surface area contributed by atoms with Crippen molar-refractivity contribution in [2.75, 3.05) is 24.6 Å². The van der Waals surface area contributed by atoms with Crippen molar-refractivity contribution < 1.29 is 19.4 Å². The van der Waals surface area contributed by atoms with Crippen LogP contribution in [0.3, 0.4) is 0 Å². The van der Waals surface area contributed by atoms with Gasteiger partial charge in [0.25, 0.3) is 0 Å². The van der Waals surface area contributed by atoms with Crippen molar-refractivity contribution in [1.82, 2.24) is 5.32 Å². The summed E-state index contributed by atoms with van der Waals surface area (Å²) >= 11 is 0. The van der Waals surface area contributed by atoms with Crippen LogP contribution in [0.4, 0.5) is 10.5 Å². The fourth-order valence-electron chi connectivity index (χ4n) is 4.12. The highest BCUT2D eigenvalue weighted by atomic mass is 16.6. The van der Waals surface area contributed by atoms with E-state index in [0.717, 1.165) is 17.7 Å². The van der Waals surface area contributed by atoms with Crippen molar-refractivity contribution in [2.24, 2.45) is 17.8 Å². The number of nitrogens with zero attached hydrogens (tertiary/aromatic N) is 1. The Morgan fingerprint density at radius 1 is 1.36 bits per heavy atom. The number of rotatable bonds is 5. The van der Waals surface area contributed by atoms with Gasteiger partial charge in [-0.05, 0) is 47.4 Å². The van der Waals surface area contributed by atoms with Gasteiger partial charge >= 0.3 is 6.09 Å². The molecule has 132 valence electrons. The maximum atomic E-state index is 12.1. The van der Waals surface area contributed by atoms with Gasteiger partial charge in [-0.2, -0.15) is 0 Å². The number of anilines is 1. The van der Waals surface area contributed by atoms with Gasteiger partial charge in [0.1, 0.15) is 6.10 Å². The van der Waals surface area contributed by atoms with E-state index in [-0.39, 0.29) is 24.7 Å². The molecule has 6 nitrogen and oxygen atoms in total. The molecule has 0 bridgehead atoms. The number of aliphatic hydroxyl groups excluding tert-OH is 1. The lowest BCUT2D eigenvalue weighted by atomic mass is 10.0. The van der Waals surface area contributed by atoms with Gasteiger partial charge in [-0.1, -0.05) is 18.2 Å². The zero-order valence-corrected chi connectivity index (χ0v) is 14.1. The number of fused-ring (bicyclic) bond motifs is 1. The summed E-state index contributed by atoms with van der Waals surface area (Å²) in [5.74, 6) is 1.39. The first-order chi connectivity index (χ1) is 12.1. The molecule has 2 fully saturated rings. The highest BCUT2D eigenvalue weighted by Gasteiger charge is 2.53. The van der Waals surface area contributed by atoms with E-state index in [2.05, 4.69) is 11.4 Å². The van der Waals surface area contributed by atoms with Gasteiger partial charge in [0.2, 0.25) is 5.91 Å². The summed E-state index contributed by atoms with van der Waals surface area (Å²) in [5.41, 5.74) is 3.28. The Morgan fingerprint density at radius 2 is 2.12 bits per heavy atom. The lowest BCUT2D eigenvalue weighted by Crippen LogP contribution is -2.33. The molecule has 6 heteroatoms. The number of cyclic esters (lactones) is 1. The molecule has 0 aromatic heterocycles. The molecule has 2 aliphatic carbocycles. The van der Waals surface area contributed by atoms with E-state index in [1.54, 1.807) is 4.90 Å². The summed E-state index contributed by atoms with van der Waals surface area (Å²) in [6.07, 6.45) is 2.61. The third kappa shape index (κ3) is 2.91. The molecular formula is C19H22N2O4. The molecule has 2 N–H and O–H groups in total. The van der Waals surface area contributed by atoms with Crippen LogP contribution in [0, 0.1) is 17.8 Å². The number of hydrogen-bond donors (Lipinski definition) is 2. The lowest BCUT2D eigenvalue weighted by Gasteiger charge is -2.14. The second-order valence-electron chi connectivity index (χ2n) is 7.03. The Bertz CT molecular complexity index is 727. The first kappa shape index (κ1) is 16.1. The maximum absolute atomic E-state index is 12.1. The van der Waals surface area contributed by atoms with Gasteiger partial charge in [0.15, 0.2) is 0 Å². The van der Waals surface area contributed by atoms with Crippen molar-refractivity contribution in [3.63, 3.8) is 0 Å². The van der Waals surface area contributed by atoms with Crippen LogP contribution >= 0.6 is 0 Å². The van der Waals surface area contributed by atoms with Crippen molar-refractivity contribution in [3.05, 3.63) is 35.9 Å². The van der Waals surface area contributed by atoms with E-state index in [1.807, 2.05) is 24.3 Å². The van der Waals surface area contributed by atoms with Crippen LogP contribution < -0.4 is 10.2 Å². The Labute approximate surface area is 146 Å². The SMILES string of the molecule is CC(=O)NC[C@H]1CN(c2ccc(C3=CCC4C(CO)C34)cc2)C(=O)O1. The molecule has 1 aliphatic heterocycles. The average Bonchev–Trinajstić information content (AvgIpc) is 2.93. The molecule has 0 radical (unpaired) electrons. The Morgan fingerprint density at radius 3 is 2.76 bits per heavy atom. The topological polar surface area (TPSA) is 78.9 Å². The minimum absolute atomic E-state index is 0.136. The third-order valence-corrected chi connectivity index (χ3v) is 5.48. The predicted octanol–water partition coefficient (Wildman–Crippen LogP) is 1.79. The van der Waals surface area contributed by atoms with Crippen LogP contribution in [0.25, 0.3) is 5.57 Å². The maximum Gasteiger partial charge on any atom is 0.414 e. The molecular weight excluding hydrogens is 320 g/mol. The Kier molecular flexibility index (Phi) is 4.00. The van der Waals surface area contributed by atoms with Gasteiger partial charge in [-0.15, -0.1) is 0 Å². The minimum atomic E-state index is -0.384. The summed E-state index contributed by atoms with van der Waals surface area (Å²) in [6.45, 7) is 2.46. The van der Waals surface area contributed by atoms with Crippen molar-refractivity contribution in [1.29, 1.82) is 0 Å². The Balaban J connectivity index is 1.42. The molecule has 25 heavy (non-hydrogen) atoms. The second-order valence-corrected chi connectivity index (χ2v) is 7.03. The number of nitrogens with one attached hydrogen (secondary N) is 1. The molecule has 1 aromatic rings. The fraction of sp³-hybridized carbons (Fsp3) is 0.474. The highest BCUT2D eigenvalue weighted by molar-refractivity contribution is 5.90. The molecule has 3 unspecified atom stereocenters. The second kappa shape index (κ2) is 6.19. The lowest BCUT2D eigenvalue weighted by molar-refractivity contribution is -0.119. The van der Waals surface area contributed by atoms with E-state index < -0.39 is 0 Å². The molecule has 1 heterocycles. The van der Waals surface area contributed by atoms with Gasteiger partial charge in [-0.3, -0.25) is 9.69 Å². The number of carbonyl (C=O) groups is 2. The molecule has 1 saturated heterocycles. The van der Waals surface area contributed by atoms with Gasteiger partial charge < -0.3 is 15.2 Å². The zero-order valence-electron chi connectivity index (χ0n) is 14.1. The summed E-state index contributed by atoms with van der Waals surface area (Å²) in [4.78, 5) is 24.6. The smallest absolute Gasteiger partial charge is 0.414 e. The number of benzene rings is 1. The number of aliphatic hydroxyl groups is 1. The molecule has 0 spiro atoms. The first-order valence-corrected chi connectivity index (χ1v) is 8.72. The summed E-state index contributed by atoms with van der Waals surface area (Å²) in [7, 11) is 0. The number of allylic oxidation sites excluding steroid dienone is 2. The molecule has 1 aromatic carbocycles. The predicted molar refractivity (Wildman–Crippen MR) is 92.9 cm³/mol. The number of carbonyl (C=O) groups excluding carboxylic acids is 2. The molecule has 4 atom stereocenters. The zero-order chi connectivity index (χ0) is 17.6. The fourth-order valence-corrected chi connectivity index (χ4v) is 4.12. The first-order valence-electron chi connectivity index (χ1n) is 8.72. The highest BCUT2D eigenvalue weighted by Crippen LogP contribution is 2.60. The number of amides is 2. The monoisotopic (exact) mass is 342 g/mol. The van der Waals surface area contributed by atoms with Crippen LogP contribution in [0.2, 0.25) is 0 Å². The number of ether oxygens (including phenoxy) is 1. The van der Waals surface area contributed by atoms with Crippen LogP contribution in [0.5, 0.6) is 0 Å². The van der Waals surface area contributed by atoms with Crippen LogP contribution in [0.1, 0.15) is 18.9 Å². The van der Waals surface area contributed by atoms with E-state index in [1.165, 1.54) is 12.5 Å². The van der Waals surface area contributed by atoms with Crippen molar-refractivity contribution in [3.8, 4) is 0 Å². The molecule has 1 saturated carbocycles. The summed E-state index contributed by atoms with van der Waals surface area (Å²) < 4.78 is 5.29. The van der Waals surface area contributed by atoms with Crippen LogP contribution in [0.15, 0.2) is 30.3 Å². The summed E-state index contributed by atoms with van der Waals surface area (Å²) in [5, 5.41) is 12.1. The van der Waals surface area contributed by atoms with E-state index in [0.29, 0.717) is 30.8 Å². The molecule has 3 aliphatic rings. The quantitative estimate of drug-likeness (QED) is 0.855. The third-order valence-electron chi connectivity index (χ3n) is 5.48. The normalized spacial score (nSPS) is 29.9.